The van der Waals surface area contributed by atoms with Gasteiger partial charge in [-0.25, -0.2) is 0 Å². The van der Waals surface area contributed by atoms with Gasteiger partial charge in [0.2, 0.25) is 0 Å². The van der Waals surface area contributed by atoms with Gasteiger partial charge >= 0.3 is 0 Å². The van der Waals surface area contributed by atoms with E-state index >= 15 is 0 Å². The highest BCUT2D eigenvalue weighted by atomic mass is 15.3. The van der Waals surface area contributed by atoms with Gasteiger partial charge in [-0.3, -0.25) is 4.90 Å². The van der Waals surface area contributed by atoms with Crippen LogP contribution in [0.1, 0.15) is 26.2 Å². The van der Waals surface area contributed by atoms with Crippen molar-refractivity contribution in [3.8, 4) is 0 Å². The van der Waals surface area contributed by atoms with E-state index in [-0.39, 0.29) is 0 Å². The summed E-state index contributed by atoms with van der Waals surface area (Å²) in [5.74, 6) is 0. The molecule has 15 heavy (non-hydrogen) atoms. The molecule has 1 N–H and O–H groups in total. The van der Waals surface area contributed by atoms with E-state index in [4.69, 9.17) is 0 Å². The minimum atomic E-state index is 0.780. The maximum atomic E-state index is 3.49. The molecule has 0 aromatic carbocycles. The molecule has 0 saturated carbocycles. The van der Waals surface area contributed by atoms with E-state index in [1.165, 1.54) is 52.0 Å². The largest absolute Gasteiger partial charge is 0.315 e. The minimum Gasteiger partial charge on any atom is -0.315 e. The Morgan fingerprint density at radius 2 is 2.20 bits per heavy atom. The fourth-order valence-electron chi connectivity index (χ4n) is 3.03. The Kier molecular flexibility index (Phi) is 4.00. The van der Waals surface area contributed by atoms with E-state index in [1.807, 2.05) is 0 Å². The van der Waals surface area contributed by atoms with Crippen molar-refractivity contribution >= 4 is 0 Å². The van der Waals surface area contributed by atoms with Crippen LogP contribution in [0.2, 0.25) is 0 Å². The van der Waals surface area contributed by atoms with Crippen LogP contribution >= 0.6 is 0 Å². The second-order valence-electron chi connectivity index (χ2n) is 5.06. The lowest BCUT2D eigenvalue weighted by Crippen LogP contribution is -2.46. The fraction of sp³-hybridized carbons (Fsp3) is 1.00. The predicted molar refractivity (Wildman–Crippen MR) is 64.2 cm³/mol. The first-order chi connectivity index (χ1) is 7.31. The van der Waals surface area contributed by atoms with E-state index in [9.17, 15) is 0 Å². The Labute approximate surface area is 93.8 Å². The summed E-state index contributed by atoms with van der Waals surface area (Å²) in [5.41, 5.74) is 0. The van der Waals surface area contributed by atoms with Crippen LogP contribution in [0.3, 0.4) is 0 Å². The van der Waals surface area contributed by atoms with Gasteiger partial charge in [-0.05, 0) is 39.4 Å². The Morgan fingerprint density at radius 1 is 1.33 bits per heavy atom. The van der Waals surface area contributed by atoms with Crippen LogP contribution in [0, 0.1) is 0 Å². The van der Waals surface area contributed by atoms with E-state index in [0.29, 0.717) is 0 Å². The van der Waals surface area contributed by atoms with Gasteiger partial charge in [0.15, 0.2) is 0 Å². The lowest BCUT2D eigenvalue weighted by molar-refractivity contribution is 0.137. The molecular weight excluding hydrogens is 186 g/mol. The van der Waals surface area contributed by atoms with Gasteiger partial charge in [0, 0.05) is 31.7 Å². The summed E-state index contributed by atoms with van der Waals surface area (Å²) in [5, 5.41) is 3.49. The summed E-state index contributed by atoms with van der Waals surface area (Å²) in [6.45, 7) is 8.59. The van der Waals surface area contributed by atoms with E-state index in [0.717, 1.165) is 12.1 Å². The van der Waals surface area contributed by atoms with E-state index in [1.54, 1.807) is 0 Å². The molecule has 2 heterocycles. The Balaban J connectivity index is 1.99. The van der Waals surface area contributed by atoms with Gasteiger partial charge in [-0.1, -0.05) is 6.92 Å². The molecule has 0 aliphatic carbocycles. The number of hydrogen-bond acceptors (Lipinski definition) is 3. The van der Waals surface area contributed by atoms with Crippen molar-refractivity contribution < 1.29 is 0 Å². The molecule has 0 aromatic heterocycles. The van der Waals surface area contributed by atoms with Gasteiger partial charge in [0.1, 0.15) is 0 Å². The maximum Gasteiger partial charge on any atom is 0.0236 e. The van der Waals surface area contributed by atoms with Crippen molar-refractivity contribution in [1.82, 2.24) is 15.1 Å². The summed E-state index contributed by atoms with van der Waals surface area (Å²) in [6, 6.07) is 1.59. The number of rotatable bonds is 2. The molecule has 2 aliphatic rings. The monoisotopic (exact) mass is 211 g/mol. The van der Waals surface area contributed by atoms with Crippen LogP contribution in [0.25, 0.3) is 0 Å². The second-order valence-corrected chi connectivity index (χ2v) is 5.06. The maximum absolute atomic E-state index is 3.49. The molecule has 0 spiro atoms. The van der Waals surface area contributed by atoms with Crippen molar-refractivity contribution in [2.45, 2.75) is 38.3 Å². The van der Waals surface area contributed by atoms with Crippen LogP contribution in [-0.4, -0.2) is 61.7 Å². The van der Waals surface area contributed by atoms with Crippen LogP contribution in [0.4, 0.5) is 0 Å². The second kappa shape index (κ2) is 5.28. The summed E-state index contributed by atoms with van der Waals surface area (Å²) >= 11 is 0. The van der Waals surface area contributed by atoms with Crippen LogP contribution < -0.4 is 5.32 Å². The Bertz CT molecular complexity index is 189. The highest BCUT2D eigenvalue weighted by molar-refractivity contribution is 4.87. The van der Waals surface area contributed by atoms with Crippen molar-refractivity contribution in [1.29, 1.82) is 0 Å². The molecular formula is C12H25N3. The minimum absolute atomic E-state index is 0.780. The summed E-state index contributed by atoms with van der Waals surface area (Å²) in [4.78, 5) is 5.26. The predicted octanol–water partition coefficient (Wildman–Crippen LogP) is 0.764. The lowest BCUT2D eigenvalue weighted by atomic mass is 10.1. The van der Waals surface area contributed by atoms with Gasteiger partial charge in [-0.15, -0.1) is 0 Å². The van der Waals surface area contributed by atoms with Gasteiger partial charge in [0.25, 0.3) is 0 Å². The zero-order valence-corrected chi connectivity index (χ0v) is 10.2. The first-order valence-corrected chi connectivity index (χ1v) is 6.46. The molecule has 2 fully saturated rings. The van der Waals surface area contributed by atoms with Gasteiger partial charge in [0.05, 0.1) is 0 Å². The topological polar surface area (TPSA) is 18.5 Å². The van der Waals surface area contributed by atoms with Crippen molar-refractivity contribution in [3.63, 3.8) is 0 Å². The number of likely N-dealkylation sites (N-methyl/N-ethyl adjacent to an activating group) is 1. The normalized spacial score (nSPS) is 35.6. The molecule has 2 aliphatic heterocycles. The molecule has 0 radical (unpaired) electrons. The van der Waals surface area contributed by atoms with Gasteiger partial charge in [-0.2, -0.15) is 0 Å². The zero-order chi connectivity index (χ0) is 10.7. The molecule has 3 heteroatoms. The number of hydrogen-bond donors (Lipinski definition) is 1. The van der Waals surface area contributed by atoms with Crippen molar-refractivity contribution in [3.05, 3.63) is 0 Å². The molecule has 2 saturated heterocycles. The third kappa shape index (κ3) is 2.71. The molecule has 2 unspecified atom stereocenters. The van der Waals surface area contributed by atoms with Gasteiger partial charge < -0.3 is 10.2 Å². The van der Waals surface area contributed by atoms with Crippen molar-refractivity contribution in [2.24, 2.45) is 0 Å². The molecule has 88 valence electrons. The molecule has 0 aromatic rings. The third-order valence-corrected chi connectivity index (χ3v) is 3.92. The quantitative estimate of drug-likeness (QED) is 0.728. The average molecular weight is 211 g/mol. The third-order valence-electron chi connectivity index (χ3n) is 3.92. The van der Waals surface area contributed by atoms with Crippen molar-refractivity contribution in [2.75, 3.05) is 39.8 Å². The smallest absolute Gasteiger partial charge is 0.0236 e. The zero-order valence-electron chi connectivity index (χ0n) is 10.2. The van der Waals surface area contributed by atoms with Crippen LogP contribution in [0.15, 0.2) is 0 Å². The molecule has 0 bridgehead atoms. The number of nitrogens with zero attached hydrogens (tertiary/aromatic N) is 2. The SMILES string of the molecule is CCC1CN(C)CCCN1C1CCNC1. The number of nitrogens with one attached hydrogen (secondary N) is 1. The molecule has 3 nitrogen and oxygen atoms in total. The average Bonchev–Trinajstić information content (AvgIpc) is 2.68. The summed E-state index contributed by atoms with van der Waals surface area (Å²) in [7, 11) is 2.26. The first-order valence-electron chi connectivity index (χ1n) is 6.46. The van der Waals surface area contributed by atoms with E-state index in [2.05, 4.69) is 29.1 Å². The molecule has 2 rings (SSSR count). The van der Waals surface area contributed by atoms with Crippen LogP contribution in [-0.2, 0) is 0 Å². The molecule has 2 atom stereocenters. The summed E-state index contributed by atoms with van der Waals surface area (Å²) < 4.78 is 0. The lowest BCUT2D eigenvalue weighted by Gasteiger charge is -2.34. The summed E-state index contributed by atoms with van der Waals surface area (Å²) in [6.07, 6.45) is 3.98. The highest BCUT2D eigenvalue weighted by Crippen LogP contribution is 2.18. The Hall–Kier alpha value is -0.120. The van der Waals surface area contributed by atoms with Crippen LogP contribution in [0.5, 0.6) is 0 Å². The molecule has 0 amide bonds. The fourth-order valence-corrected chi connectivity index (χ4v) is 3.03. The Morgan fingerprint density at radius 3 is 2.87 bits per heavy atom. The standard InChI is InChI=1S/C12H25N3/c1-3-11-10-14(2)7-4-8-15(11)12-5-6-13-9-12/h11-13H,3-10H2,1-2H3. The van der Waals surface area contributed by atoms with E-state index < -0.39 is 0 Å². The highest BCUT2D eigenvalue weighted by Gasteiger charge is 2.29. The first kappa shape index (κ1) is 11.4.